The van der Waals surface area contributed by atoms with E-state index in [2.05, 4.69) is 25.6 Å². The summed E-state index contributed by atoms with van der Waals surface area (Å²) in [6.45, 7) is 2.84. The zero-order valence-corrected chi connectivity index (χ0v) is 6.06. The van der Waals surface area contributed by atoms with Crippen LogP contribution in [0.5, 0.6) is 0 Å². The van der Waals surface area contributed by atoms with Crippen LogP contribution in [0.1, 0.15) is 6.92 Å². The van der Waals surface area contributed by atoms with Gasteiger partial charge in [-0.15, -0.1) is 12.4 Å². The van der Waals surface area contributed by atoms with E-state index in [9.17, 15) is 0 Å². The molecule has 0 aromatic rings. The lowest BCUT2D eigenvalue weighted by Gasteiger charge is -1.96. The third-order valence-electron chi connectivity index (χ3n) is 0.283. The van der Waals surface area contributed by atoms with Crippen LogP contribution in [0.3, 0.4) is 0 Å². The number of nitrogens with zero attached hydrogens (tertiary/aromatic N) is 1. The highest BCUT2D eigenvalue weighted by Gasteiger charge is 1.75. The van der Waals surface area contributed by atoms with Crippen molar-refractivity contribution >= 4 is 38.0 Å². The quantitative estimate of drug-likeness (QED) is 0.528. The minimum absolute atomic E-state index is 0. The normalized spacial score (nSPS) is 8.00. The molecule has 0 saturated carbocycles. The van der Waals surface area contributed by atoms with E-state index in [0.29, 0.717) is 0 Å². The Balaban J connectivity index is 0. The monoisotopic (exact) mass is 145 g/mol. The molecule has 0 rings (SSSR count). The summed E-state index contributed by atoms with van der Waals surface area (Å²) < 4.78 is 1.51. The summed E-state index contributed by atoms with van der Waals surface area (Å²) >= 11 is 7.59. The molecule has 6 heavy (non-hydrogen) atoms. The average Bonchev–Trinajstić information content (AvgIpc) is 1.38. The van der Waals surface area contributed by atoms with Gasteiger partial charge in [0, 0.05) is 6.54 Å². The first-order valence-electron chi connectivity index (χ1n) is 1.42. The van der Waals surface area contributed by atoms with Crippen molar-refractivity contribution < 1.29 is 0 Å². The Bertz CT molecular complexity index is 25.5. The van der Waals surface area contributed by atoms with Gasteiger partial charge in [-0.1, -0.05) is 32.6 Å². The zero-order chi connectivity index (χ0) is 4.28. The van der Waals surface area contributed by atoms with E-state index in [0.717, 1.165) is 6.54 Å². The first kappa shape index (κ1) is 10.0. The van der Waals surface area contributed by atoms with E-state index in [-0.39, 0.29) is 12.4 Å². The molecular weight excluding hydrogens is 138 g/mol. The molecule has 1 nitrogen and oxygen atoms in total. The SMILES string of the molecule is CCN(S)S.Cl. The molecule has 0 aromatic heterocycles. The van der Waals surface area contributed by atoms with E-state index in [4.69, 9.17) is 0 Å². The van der Waals surface area contributed by atoms with E-state index >= 15 is 0 Å². The van der Waals surface area contributed by atoms with Gasteiger partial charge in [0.2, 0.25) is 0 Å². The Kier molecular flexibility index (Phi) is 9.96. The third-order valence-corrected chi connectivity index (χ3v) is 0.849. The predicted octanol–water partition coefficient (Wildman–Crippen LogP) is 1.42. The molecule has 0 spiro atoms. The zero-order valence-electron chi connectivity index (χ0n) is 3.46. The highest BCUT2D eigenvalue weighted by Crippen LogP contribution is 1.91. The maximum Gasteiger partial charge on any atom is 0.0169 e. The summed E-state index contributed by atoms with van der Waals surface area (Å²) in [5.74, 6) is 0. The van der Waals surface area contributed by atoms with Crippen molar-refractivity contribution in [3.8, 4) is 0 Å². The molecule has 0 aliphatic carbocycles. The molecule has 0 fully saturated rings. The number of halogens is 1. The summed E-state index contributed by atoms with van der Waals surface area (Å²) in [5.41, 5.74) is 0. The number of rotatable bonds is 1. The first-order valence-corrected chi connectivity index (χ1v) is 2.22. The first-order chi connectivity index (χ1) is 2.27. The molecule has 4 heteroatoms. The molecule has 0 aliphatic rings. The van der Waals surface area contributed by atoms with Crippen molar-refractivity contribution in [2.75, 3.05) is 6.54 Å². The fraction of sp³-hybridized carbons (Fsp3) is 1.00. The summed E-state index contributed by atoms with van der Waals surface area (Å²) in [6, 6.07) is 0. The molecule has 40 valence electrons. The number of hydrogen-bond donors (Lipinski definition) is 2. The molecule has 0 radical (unpaired) electrons. The summed E-state index contributed by atoms with van der Waals surface area (Å²) in [4.78, 5) is 0. The van der Waals surface area contributed by atoms with Crippen molar-refractivity contribution in [3.05, 3.63) is 0 Å². The van der Waals surface area contributed by atoms with E-state index in [1.165, 1.54) is 3.71 Å². The van der Waals surface area contributed by atoms with E-state index in [1.54, 1.807) is 0 Å². The van der Waals surface area contributed by atoms with Crippen LogP contribution in [-0.2, 0) is 0 Å². The van der Waals surface area contributed by atoms with Crippen LogP contribution in [-0.4, -0.2) is 10.3 Å². The van der Waals surface area contributed by atoms with Gasteiger partial charge in [0.25, 0.3) is 0 Å². The molecule has 0 amide bonds. The number of hydrogen-bond acceptors (Lipinski definition) is 3. The highest BCUT2D eigenvalue weighted by atomic mass is 35.5. The molecule has 0 saturated heterocycles. The van der Waals surface area contributed by atoms with Crippen LogP contribution in [0.4, 0.5) is 0 Å². The topological polar surface area (TPSA) is 3.24 Å². The second kappa shape index (κ2) is 5.95. The van der Waals surface area contributed by atoms with Gasteiger partial charge in [0.15, 0.2) is 0 Å². The fourth-order valence-electron chi connectivity index (χ4n) is 0. The Morgan fingerprint density at radius 3 is 1.67 bits per heavy atom. The van der Waals surface area contributed by atoms with Gasteiger partial charge in [-0.3, -0.25) is 0 Å². The second-order valence-corrected chi connectivity index (χ2v) is 1.97. The van der Waals surface area contributed by atoms with Gasteiger partial charge >= 0.3 is 0 Å². The van der Waals surface area contributed by atoms with Crippen LogP contribution in [0.2, 0.25) is 0 Å². The lowest BCUT2D eigenvalue weighted by atomic mass is 10.8. The van der Waals surface area contributed by atoms with Crippen LogP contribution in [0.25, 0.3) is 0 Å². The molecule has 0 N–H and O–H groups in total. The summed E-state index contributed by atoms with van der Waals surface area (Å²) in [7, 11) is 0. The van der Waals surface area contributed by atoms with Crippen molar-refractivity contribution in [1.29, 1.82) is 0 Å². The smallest absolute Gasteiger partial charge is 0.0169 e. The maximum absolute atomic E-state index is 3.80. The van der Waals surface area contributed by atoms with Crippen LogP contribution in [0, 0.1) is 0 Å². The Morgan fingerprint density at radius 1 is 1.50 bits per heavy atom. The minimum atomic E-state index is 0. The van der Waals surface area contributed by atoms with Crippen LogP contribution in [0.15, 0.2) is 0 Å². The van der Waals surface area contributed by atoms with Crippen molar-refractivity contribution in [2.45, 2.75) is 6.92 Å². The lowest BCUT2D eigenvalue weighted by molar-refractivity contribution is 0.808. The molecule has 0 aromatic carbocycles. The van der Waals surface area contributed by atoms with Gasteiger partial charge in [-0.05, 0) is 0 Å². The third kappa shape index (κ3) is 8.87. The lowest BCUT2D eigenvalue weighted by Crippen LogP contribution is -1.91. The Hall–Kier alpha value is 0.950. The van der Waals surface area contributed by atoms with Crippen molar-refractivity contribution in [1.82, 2.24) is 3.71 Å². The van der Waals surface area contributed by atoms with Crippen LogP contribution < -0.4 is 0 Å². The summed E-state index contributed by atoms with van der Waals surface area (Å²) in [6.07, 6.45) is 0. The van der Waals surface area contributed by atoms with E-state index < -0.39 is 0 Å². The Labute approximate surface area is 55.6 Å². The Morgan fingerprint density at radius 2 is 1.67 bits per heavy atom. The second-order valence-electron chi connectivity index (χ2n) is 0.689. The number of thiol groups is 2. The molecule has 0 bridgehead atoms. The predicted molar refractivity (Wildman–Crippen MR) is 37.6 cm³/mol. The van der Waals surface area contributed by atoms with Crippen molar-refractivity contribution in [2.24, 2.45) is 0 Å². The largest absolute Gasteiger partial charge is 0.200 e. The van der Waals surface area contributed by atoms with Gasteiger partial charge in [0.1, 0.15) is 0 Å². The minimum Gasteiger partial charge on any atom is -0.200 e. The molecule has 0 heterocycles. The molecule has 0 unspecified atom stereocenters. The van der Waals surface area contributed by atoms with Crippen molar-refractivity contribution in [3.63, 3.8) is 0 Å². The van der Waals surface area contributed by atoms with Crippen LogP contribution >= 0.6 is 38.0 Å². The van der Waals surface area contributed by atoms with Gasteiger partial charge in [0.05, 0.1) is 0 Å². The van der Waals surface area contributed by atoms with E-state index in [1.807, 2.05) is 6.92 Å². The molecule has 0 aliphatic heterocycles. The van der Waals surface area contributed by atoms with Gasteiger partial charge in [-0.25, -0.2) is 3.71 Å². The fourth-order valence-corrected chi connectivity index (χ4v) is 0. The average molecular weight is 146 g/mol. The van der Waals surface area contributed by atoms with Gasteiger partial charge < -0.3 is 0 Å². The standard InChI is InChI=1S/C2H7NS2.ClH/c1-2-3(4)5;/h4-5H,2H2,1H3;1H. The molecule has 0 atom stereocenters. The molecular formula is C2H8ClNS2. The summed E-state index contributed by atoms with van der Waals surface area (Å²) in [5, 5.41) is 0. The maximum atomic E-state index is 3.80. The highest BCUT2D eigenvalue weighted by molar-refractivity contribution is 7.93. The van der Waals surface area contributed by atoms with Gasteiger partial charge in [-0.2, -0.15) is 0 Å².